The Morgan fingerprint density at radius 3 is 3.12 bits per heavy atom. The van der Waals surface area contributed by atoms with Gasteiger partial charge in [0.25, 0.3) is 5.22 Å². The molecular weight excluding hydrogens is 326 g/mol. The molecule has 0 unspecified atom stereocenters. The number of nitrogens with zero attached hydrogens (tertiary/aromatic N) is 2. The van der Waals surface area contributed by atoms with Crippen LogP contribution in [0, 0.1) is 0 Å². The summed E-state index contributed by atoms with van der Waals surface area (Å²) in [7, 11) is 0. The third-order valence-electron chi connectivity index (χ3n) is 3.31. The molecule has 3 rings (SSSR count). The van der Waals surface area contributed by atoms with Crippen LogP contribution in [0.3, 0.4) is 0 Å². The number of esters is 1. The molecule has 2 heterocycles. The Morgan fingerprint density at radius 2 is 2.25 bits per heavy atom. The van der Waals surface area contributed by atoms with Crippen molar-refractivity contribution in [3.8, 4) is 0 Å². The number of para-hydroxylation sites is 1. The number of carbonyl (C=O) groups is 1. The largest absolute Gasteiger partial charge is 0.463 e. The van der Waals surface area contributed by atoms with Crippen LogP contribution in [0.15, 0.2) is 52.3 Å². The lowest BCUT2D eigenvalue weighted by Crippen LogP contribution is -1.98. The van der Waals surface area contributed by atoms with Gasteiger partial charge >= 0.3 is 5.97 Å². The van der Waals surface area contributed by atoms with E-state index in [1.54, 1.807) is 13.0 Å². The summed E-state index contributed by atoms with van der Waals surface area (Å²) in [4.78, 5) is 14.4. The van der Waals surface area contributed by atoms with Gasteiger partial charge in [0.1, 0.15) is 0 Å². The van der Waals surface area contributed by atoms with Gasteiger partial charge in [-0.2, -0.15) is 0 Å². The van der Waals surface area contributed by atoms with Crippen molar-refractivity contribution in [1.29, 1.82) is 0 Å². The quantitative estimate of drug-likeness (QED) is 0.402. The number of hydrogen-bond donors (Lipinski definition) is 1. The molecule has 0 aliphatic rings. The Morgan fingerprint density at radius 1 is 1.38 bits per heavy atom. The molecule has 2 aromatic heterocycles. The van der Waals surface area contributed by atoms with Gasteiger partial charge in [-0.25, -0.2) is 4.79 Å². The predicted octanol–water partition coefficient (Wildman–Crippen LogP) is 3.35. The Kier molecular flexibility index (Phi) is 5.32. The van der Waals surface area contributed by atoms with Gasteiger partial charge in [-0.15, -0.1) is 10.2 Å². The molecule has 0 saturated carbocycles. The van der Waals surface area contributed by atoms with Crippen molar-refractivity contribution in [3.05, 3.63) is 54.1 Å². The number of aromatic amines is 1. The molecule has 1 aromatic carbocycles. The minimum Gasteiger partial charge on any atom is -0.463 e. The Bertz CT molecular complexity index is 854. The molecule has 0 spiro atoms. The van der Waals surface area contributed by atoms with Gasteiger partial charge in [0.2, 0.25) is 5.89 Å². The van der Waals surface area contributed by atoms with Crippen molar-refractivity contribution in [2.24, 2.45) is 0 Å². The van der Waals surface area contributed by atoms with Crippen LogP contribution in [0.2, 0.25) is 0 Å². The molecular formula is C17H17N3O3S. The lowest BCUT2D eigenvalue weighted by atomic mass is 10.1. The number of fused-ring (bicyclic) bond motifs is 1. The zero-order valence-electron chi connectivity index (χ0n) is 13.2. The molecule has 1 N–H and O–H groups in total. The van der Waals surface area contributed by atoms with Gasteiger partial charge < -0.3 is 14.1 Å². The summed E-state index contributed by atoms with van der Waals surface area (Å²) in [5.74, 6) is 0.786. The first-order valence-corrected chi connectivity index (χ1v) is 8.58. The van der Waals surface area contributed by atoms with E-state index in [1.807, 2.05) is 24.4 Å². The highest BCUT2D eigenvalue weighted by molar-refractivity contribution is 7.99. The monoisotopic (exact) mass is 343 g/mol. The summed E-state index contributed by atoms with van der Waals surface area (Å²) in [5, 5.41) is 9.73. The summed E-state index contributed by atoms with van der Waals surface area (Å²) < 4.78 is 10.4. The van der Waals surface area contributed by atoms with Gasteiger partial charge in [0.15, 0.2) is 0 Å². The van der Waals surface area contributed by atoms with Crippen LogP contribution in [-0.4, -0.2) is 33.5 Å². The molecule has 0 radical (unpaired) electrons. The van der Waals surface area contributed by atoms with Crippen LogP contribution in [0.5, 0.6) is 0 Å². The van der Waals surface area contributed by atoms with Crippen molar-refractivity contribution in [3.63, 3.8) is 0 Å². The van der Waals surface area contributed by atoms with E-state index in [4.69, 9.17) is 9.15 Å². The van der Waals surface area contributed by atoms with E-state index in [2.05, 4.69) is 21.2 Å². The molecule has 0 atom stereocenters. The fourth-order valence-electron chi connectivity index (χ4n) is 2.26. The van der Waals surface area contributed by atoms with Crippen LogP contribution in [0.1, 0.15) is 18.4 Å². The van der Waals surface area contributed by atoms with Crippen LogP contribution >= 0.6 is 11.8 Å². The predicted molar refractivity (Wildman–Crippen MR) is 91.9 cm³/mol. The molecule has 7 heteroatoms. The third-order valence-corrected chi connectivity index (χ3v) is 4.08. The minimum absolute atomic E-state index is 0.344. The maximum atomic E-state index is 11.2. The highest BCUT2D eigenvalue weighted by Gasteiger charge is 2.10. The standard InChI is InChI=1S/C17H17N3O3S/c1-2-22-16(21)8-5-9-24-17-20-19-15(23-17)10-12-11-18-14-7-4-3-6-13(12)14/h3-8,11,18H,2,9-10H2,1H3/b8-5+. The second-order valence-corrected chi connectivity index (χ2v) is 5.93. The Hall–Kier alpha value is -2.54. The van der Waals surface area contributed by atoms with E-state index in [-0.39, 0.29) is 5.97 Å². The van der Waals surface area contributed by atoms with Gasteiger partial charge in [0, 0.05) is 28.9 Å². The summed E-state index contributed by atoms with van der Waals surface area (Å²) in [6.45, 7) is 2.14. The number of carbonyl (C=O) groups excluding carboxylic acids is 1. The highest BCUT2D eigenvalue weighted by Crippen LogP contribution is 2.22. The van der Waals surface area contributed by atoms with E-state index in [1.165, 1.54) is 17.8 Å². The molecule has 0 amide bonds. The van der Waals surface area contributed by atoms with Crippen LogP contribution < -0.4 is 0 Å². The zero-order chi connectivity index (χ0) is 16.8. The average molecular weight is 343 g/mol. The van der Waals surface area contributed by atoms with Crippen LogP contribution in [0.4, 0.5) is 0 Å². The first-order chi connectivity index (χ1) is 11.8. The zero-order valence-corrected chi connectivity index (χ0v) is 14.0. The molecule has 0 saturated heterocycles. The van der Waals surface area contributed by atoms with Crippen LogP contribution in [-0.2, 0) is 16.0 Å². The molecule has 0 aliphatic heterocycles. The normalized spacial score (nSPS) is 11.4. The second-order valence-electron chi connectivity index (χ2n) is 4.96. The first kappa shape index (κ1) is 16.3. The van der Waals surface area contributed by atoms with E-state index >= 15 is 0 Å². The topological polar surface area (TPSA) is 81.0 Å². The molecule has 0 fully saturated rings. The minimum atomic E-state index is -0.344. The number of aromatic nitrogens is 3. The van der Waals surface area contributed by atoms with E-state index in [9.17, 15) is 4.79 Å². The lowest BCUT2D eigenvalue weighted by Gasteiger charge is -1.95. The number of H-pyrrole nitrogens is 1. The van der Waals surface area contributed by atoms with Crippen molar-refractivity contribution >= 4 is 28.6 Å². The fraction of sp³-hybridized carbons (Fsp3) is 0.235. The number of benzene rings is 1. The smallest absolute Gasteiger partial charge is 0.330 e. The van der Waals surface area contributed by atoms with Gasteiger partial charge in [-0.3, -0.25) is 0 Å². The maximum absolute atomic E-state index is 11.2. The van der Waals surface area contributed by atoms with E-state index in [0.29, 0.717) is 29.9 Å². The maximum Gasteiger partial charge on any atom is 0.330 e. The van der Waals surface area contributed by atoms with Gasteiger partial charge in [-0.1, -0.05) is 36.0 Å². The van der Waals surface area contributed by atoms with Crippen molar-refractivity contribution in [1.82, 2.24) is 15.2 Å². The number of rotatable bonds is 7. The summed E-state index contributed by atoms with van der Waals surface area (Å²) >= 11 is 1.37. The van der Waals surface area contributed by atoms with Crippen LogP contribution in [0.25, 0.3) is 10.9 Å². The molecule has 124 valence electrons. The molecule has 3 aromatic rings. The molecule has 0 aliphatic carbocycles. The van der Waals surface area contributed by atoms with E-state index < -0.39 is 0 Å². The first-order valence-electron chi connectivity index (χ1n) is 7.59. The Balaban J connectivity index is 1.57. The molecule has 0 bridgehead atoms. The summed E-state index contributed by atoms with van der Waals surface area (Å²) in [5.41, 5.74) is 2.21. The lowest BCUT2D eigenvalue weighted by molar-refractivity contribution is -0.137. The summed E-state index contributed by atoms with van der Waals surface area (Å²) in [6.07, 6.45) is 5.66. The SMILES string of the molecule is CCOC(=O)/C=C/CSc1nnc(Cc2c[nH]c3ccccc23)o1. The number of ether oxygens (including phenoxy) is 1. The van der Waals surface area contributed by atoms with Gasteiger partial charge in [0.05, 0.1) is 13.0 Å². The molecule has 6 nitrogen and oxygen atoms in total. The van der Waals surface area contributed by atoms with Crippen molar-refractivity contribution in [2.45, 2.75) is 18.6 Å². The Labute approximate surface area is 143 Å². The third kappa shape index (κ3) is 4.05. The van der Waals surface area contributed by atoms with Gasteiger partial charge in [-0.05, 0) is 18.6 Å². The van der Waals surface area contributed by atoms with Crippen molar-refractivity contribution < 1.29 is 13.9 Å². The number of thioether (sulfide) groups is 1. The highest BCUT2D eigenvalue weighted by atomic mass is 32.2. The van der Waals surface area contributed by atoms with E-state index in [0.717, 1.165) is 16.5 Å². The second kappa shape index (κ2) is 7.83. The number of hydrogen-bond acceptors (Lipinski definition) is 6. The average Bonchev–Trinajstić information content (AvgIpc) is 3.20. The number of nitrogens with one attached hydrogen (secondary N) is 1. The summed E-state index contributed by atoms with van der Waals surface area (Å²) in [6, 6.07) is 8.09. The molecule has 24 heavy (non-hydrogen) atoms. The fourth-order valence-corrected chi connectivity index (χ4v) is 2.85. The van der Waals surface area contributed by atoms with Crippen molar-refractivity contribution in [2.75, 3.05) is 12.4 Å².